The van der Waals surface area contributed by atoms with Crippen molar-refractivity contribution in [2.45, 2.75) is 0 Å². The number of rotatable bonds is 4. The van der Waals surface area contributed by atoms with Gasteiger partial charge >= 0.3 is 0 Å². The van der Waals surface area contributed by atoms with Crippen molar-refractivity contribution in [3.05, 3.63) is 44.0 Å². The van der Waals surface area contributed by atoms with Crippen molar-refractivity contribution in [2.75, 3.05) is 0 Å². The monoisotopic (exact) mass is 254 g/mol. The molecule has 2 rings (SSSR count). The van der Waals surface area contributed by atoms with Crippen molar-refractivity contribution >= 4 is 5.78 Å². The first-order chi connectivity index (χ1) is 8.52. The van der Waals surface area contributed by atoms with Gasteiger partial charge in [-0.2, -0.15) is 0 Å². The molecule has 0 saturated heterocycles. The molecule has 0 N–H and O–H groups in total. The molecule has 0 amide bonds. The molecule has 0 saturated carbocycles. The standard InChI is InChI=1S/C5H2N8O5/c14-5(3-1-6-8-10(3)12(15)16)4-2-7-9-11(4)13(17)18/h1-2H. The van der Waals surface area contributed by atoms with Gasteiger partial charge in [-0.15, -0.1) is 0 Å². The highest BCUT2D eigenvalue weighted by Crippen LogP contribution is 2.06. The van der Waals surface area contributed by atoms with E-state index >= 15 is 0 Å². The average molecular weight is 254 g/mol. The van der Waals surface area contributed by atoms with Gasteiger partial charge in [0.25, 0.3) is 0 Å². The molecule has 0 aliphatic rings. The zero-order chi connectivity index (χ0) is 13.3. The number of hydrogen-bond donors (Lipinski definition) is 0. The van der Waals surface area contributed by atoms with E-state index in [4.69, 9.17) is 0 Å². The van der Waals surface area contributed by atoms with E-state index in [9.17, 15) is 25.0 Å². The summed E-state index contributed by atoms with van der Waals surface area (Å²) >= 11 is 0. The Bertz CT molecular complexity index is 588. The van der Waals surface area contributed by atoms with Gasteiger partial charge in [0.2, 0.25) is 17.2 Å². The predicted molar refractivity (Wildman–Crippen MR) is 48.3 cm³/mol. The number of hydrogen-bond acceptors (Lipinski definition) is 9. The molecule has 0 unspecified atom stereocenters. The van der Waals surface area contributed by atoms with E-state index in [-0.39, 0.29) is 9.58 Å². The fourth-order valence-corrected chi connectivity index (χ4v) is 1.13. The average Bonchev–Trinajstić information content (AvgIpc) is 2.97. The first kappa shape index (κ1) is 11.2. The van der Waals surface area contributed by atoms with E-state index in [1.165, 1.54) is 0 Å². The highest BCUT2D eigenvalue weighted by atomic mass is 16.7. The van der Waals surface area contributed by atoms with E-state index in [1.54, 1.807) is 0 Å². The van der Waals surface area contributed by atoms with Crippen LogP contribution in [0.15, 0.2) is 12.4 Å². The quantitative estimate of drug-likeness (QED) is 0.346. The zero-order valence-electron chi connectivity index (χ0n) is 8.27. The van der Waals surface area contributed by atoms with E-state index in [1.807, 2.05) is 0 Å². The zero-order valence-corrected chi connectivity index (χ0v) is 8.27. The maximum Gasteiger partial charge on any atom is 0.245 e. The maximum atomic E-state index is 11.8. The number of nitro groups is 2. The molecule has 0 fully saturated rings. The number of carbonyl (C=O) groups excluding carboxylic acids is 1. The molecule has 0 radical (unpaired) electrons. The van der Waals surface area contributed by atoms with E-state index < -0.39 is 27.2 Å². The lowest BCUT2D eigenvalue weighted by atomic mass is 10.2. The molecule has 18 heavy (non-hydrogen) atoms. The SMILES string of the molecule is O=C(c1cnnn1[N+](=O)[O-])c1cnnn1[N+](=O)[O-]. The molecule has 2 heterocycles. The molecule has 13 nitrogen and oxygen atoms in total. The van der Waals surface area contributed by atoms with Gasteiger partial charge in [-0.3, -0.25) is 4.79 Å². The predicted octanol–water partition coefficient (Wildman–Crippen LogP) is -1.82. The Morgan fingerprint density at radius 1 is 1.00 bits per heavy atom. The number of aromatic nitrogens is 6. The van der Waals surface area contributed by atoms with Crippen LogP contribution in [0.2, 0.25) is 0 Å². The molecule has 13 heteroatoms. The van der Waals surface area contributed by atoms with Crippen LogP contribution in [0.5, 0.6) is 0 Å². The highest BCUT2D eigenvalue weighted by Gasteiger charge is 2.29. The van der Waals surface area contributed by atoms with Crippen LogP contribution in [0.3, 0.4) is 0 Å². The van der Waals surface area contributed by atoms with Gasteiger partial charge < -0.3 is 20.2 Å². The molecule has 2 aromatic heterocycles. The lowest BCUT2D eigenvalue weighted by Gasteiger charge is -1.97. The molecule has 0 aromatic carbocycles. The Labute approximate surface area is 95.9 Å². The van der Waals surface area contributed by atoms with Gasteiger partial charge in [-0.05, 0) is 10.2 Å². The van der Waals surface area contributed by atoms with Crippen LogP contribution in [0.1, 0.15) is 16.2 Å². The van der Waals surface area contributed by atoms with Crippen molar-refractivity contribution in [3.63, 3.8) is 0 Å². The lowest BCUT2D eigenvalue weighted by molar-refractivity contribution is -0.555. The molecule has 0 aliphatic heterocycles. The molecule has 0 aliphatic carbocycles. The molecule has 0 spiro atoms. The molecule has 2 aromatic rings. The highest BCUT2D eigenvalue weighted by molar-refractivity contribution is 6.06. The topological polar surface area (TPSA) is 165 Å². The number of ketones is 1. The summed E-state index contributed by atoms with van der Waals surface area (Å²) in [6.07, 6.45) is 1.62. The third kappa shape index (κ3) is 1.64. The summed E-state index contributed by atoms with van der Waals surface area (Å²) in [4.78, 5) is 33.0. The minimum atomic E-state index is -1.04. The normalized spacial score (nSPS) is 10.2. The summed E-state index contributed by atoms with van der Waals surface area (Å²) in [6.45, 7) is 0. The number of carbonyl (C=O) groups is 1. The second-order valence-electron chi connectivity index (χ2n) is 2.82. The van der Waals surface area contributed by atoms with Gasteiger partial charge in [0.1, 0.15) is 12.4 Å². The molecular formula is C5H2N8O5. The Hall–Kier alpha value is -3.25. The summed E-state index contributed by atoms with van der Waals surface area (Å²) < 4.78 is 0. The maximum absolute atomic E-state index is 11.8. The van der Waals surface area contributed by atoms with E-state index in [0.717, 1.165) is 12.4 Å². The van der Waals surface area contributed by atoms with E-state index in [0.29, 0.717) is 0 Å². The minimum absolute atomic E-state index is 0.0968. The van der Waals surface area contributed by atoms with Gasteiger partial charge in [-0.1, -0.05) is 0 Å². The molecular weight excluding hydrogens is 252 g/mol. The fourth-order valence-electron chi connectivity index (χ4n) is 1.13. The third-order valence-corrected chi connectivity index (χ3v) is 1.84. The van der Waals surface area contributed by atoms with Crippen molar-refractivity contribution in [2.24, 2.45) is 0 Å². The van der Waals surface area contributed by atoms with Crippen LogP contribution < -0.4 is 0 Å². The third-order valence-electron chi connectivity index (χ3n) is 1.84. The lowest BCUT2D eigenvalue weighted by Crippen LogP contribution is -2.22. The van der Waals surface area contributed by atoms with Gasteiger partial charge in [-0.25, -0.2) is 0 Å². The van der Waals surface area contributed by atoms with Crippen LogP contribution in [-0.2, 0) is 0 Å². The Balaban J connectivity index is 2.48. The summed E-state index contributed by atoms with van der Waals surface area (Å²) in [5.41, 5.74) is -1.10. The van der Waals surface area contributed by atoms with Crippen LogP contribution in [-0.4, -0.2) is 46.1 Å². The summed E-state index contributed by atoms with van der Waals surface area (Å²) in [6, 6.07) is 0. The van der Waals surface area contributed by atoms with Crippen LogP contribution in [0.4, 0.5) is 0 Å². The second-order valence-corrected chi connectivity index (χ2v) is 2.82. The van der Waals surface area contributed by atoms with Crippen LogP contribution in [0.25, 0.3) is 0 Å². The van der Waals surface area contributed by atoms with E-state index in [2.05, 4.69) is 20.6 Å². The van der Waals surface area contributed by atoms with Gasteiger partial charge in [0, 0.05) is 0 Å². The van der Waals surface area contributed by atoms with Crippen LogP contribution in [0, 0.1) is 20.2 Å². The van der Waals surface area contributed by atoms with Crippen LogP contribution >= 0.6 is 0 Å². The molecule has 92 valence electrons. The van der Waals surface area contributed by atoms with Gasteiger partial charge in [0.05, 0.1) is 19.6 Å². The minimum Gasteiger partial charge on any atom is -0.339 e. The summed E-state index contributed by atoms with van der Waals surface area (Å²) in [5, 5.41) is 31.5. The first-order valence-electron chi connectivity index (χ1n) is 4.18. The van der Waals surface area contributed by atoms with Gasteiger partial charge in [0.15, 0.2) is 10.4 Å². The summed E-state index contributed by atoms with van der Waals surface area (Å²) in [7, 11) is 0. The fraction of sp³-hybridized carbons (Fsp3) is 0. The van der Waals surface area contributed by atoms with Crippen molar-refractivity contribution < 1.29 is 14.9 Å². The molecule has 0 atom stereocenters. The summed E-state index contributed by atoms with van der Waals surface area (Å²) in [5.74, 6) is -1.04. The van der Waals surface area contributed by atoms with Crippen molar-refractivity contribution in [3.8, 4) is 0 Å². The Morgan fingerprint density at radius 2 is 1.39 bits per heavy atom. The largest absolute Gasteiger partial charge is 0.339 e. The smallest absolute Gasteiger partial charge is 0.245 e. The molecule has 0 bridgehead atoms. The first-order valence-corrected chi connectivity index (χ1v) is 4.18. The number of nitrogens with zero attached hydrogens (tertiary/aromatic N) is 8. The van der Waals surface area contributed by atoms with Crippen molar-refractivity contribution in [1.29, 1.82) is 0 Å². The Kier molecular flexibility index (Phi) is 2.47. The Morgan fingerprint density at radius 3 is 1.72 bits per heavy atom. The second kappa shape index (κ2) is 3.96. The van der Waals surface area contributed by atoms with Crippen molar-refractivity contribution in [1.82, 2.24) is 30.2 Å².